The number of urea groups is 1. The highest BCUT2D eigenvalue weighted by Crippen LogP contribution is 2.21. The maximum atomic E-state index is 12.0. The van der Waals surface area contributed by atoms with Crippen LogP contribution in [0.1, 0.15) is 56.6 Å². The van der Waals surface area contributed by atoms with Gasteiger partial charge in [-0.05, 0) is 48.2 Å². The van der Waals surface area contributed by atoms with Crippen LogP contribution in [0.4, 0.5) is 16.2 Å². The van der Waals surface area contributed by atoms with Crippen LogP contribution in [0.2, 0.25) is 0 Å². The summed E-state index contributed by atoms with van der Waals surface area (Å²) in [7, 11) is 4.02. The van der Waals surface area contributed by atoms with Crippen LogP contribution in [0.5, 0.6) is 0 Å². The number of primary amides is 1. The summed E-state index contributed by atoms with van der Waals surface area (Å²) >= 11 is 0. The normalized spacial score (nSPS) is 10.7. The fourth-order valence-electron chi connectivity index (χ4n) is 3.33. The minimum absolute atomic E-state index is 0.430. The van der Waals surface area contributed by atoms with E-state index in [-0.39, 0.29) is 0 Å². The van der Waals surface area contributed by atoms with Crippen molar-refractivity contribution in [3.05, 3.63) is 59.7 Å². The van der Waals surface area contributed by atoms with Crippen molar-refractivity contribution in [1.29, 1.82) is 0 Å². The Morgan fingerprint density at radius 3 is 1.89 bits per heavy atom. The summed E-state index contributed by atoms with van der Waals surface area (Å²) in [5.74, 6) is 0. The van der Waals surface area contributed by atoms with Gasteiger partial charge in [0.2, 0.25) is 0 Å². The molecule has 28 heavy (non-hydrogen) atoms. The van der Waals surface area contributed by atoms with E-state index >= 15 is 0 Å². The topological polar surface area (TPSA) is 49.6 Å². The monoisotopic (exact) mass is 381 g/mol. The van der Waals surface area contributed by atoms with E-state index < -0.39 is 6.03 Å². The average Bonchev–Trinajstić information content (AvgIpc) is 2.69. The van der Waals surface area contributed by atoms with E-state index in [9.17, 15) is 4.79 Å². The second-order valence-electron chi connectivity index (χ2n) is 7.67. The lowest BCUT2D eigenvalue weighted by Gasteiger charge is -2.21. The Balaban J connectivity index is 1.93. The molecular weight excluding hydrogens is 346 g/mol. The number of hydrogen-bond donors (Lipinski definition) is 1. The van der Waals surface area contributed by atoms with Gasteiger partial charge in [0, 0.05) is 25.5 Å². The lowest BCUT2D eigenvalue weighted by Crippen LogP contribution is -2.35. The molecule has 4 heteroatoms. The first kappa shape index (κ1) is 21.8. The zero-order valence-electron chi connectivity index (χ0n) is 17.7. The van der Waals surface area contributed by atoms with Gasteiger partial charge in [-0.2, -0.15) is 0 Å². The number of nitrogens with zero attached hydrogens (tertiary/aromatic N) is 2. The molecular formula is C24H35N3O. The van der Waals surface area contributed by atoms with Gasteiger partial charge in [0.1, 0.15) is 0 Å². The first-order valence-electron chi connectivity index (χ1n) is 10.4. The zero-order chi connectivity index (χ0) is 20.4. The zero-order valence-corrected chi connectivity index (χ0v) is 17.7. The Kier molecular flexibility index (Phi) is 8.86. The molecule has 0 unspecified atom stereocenters. The molecule has 0 radical (unpaired) electrons. The fourth-order valence-corrected chi connectivity index (χ4v) is 3.33. The maximum absolute atomic E-state index is 12.0. The number of anilines is 2. The first-order valence-corrected chi connectivity index (χ1v) is 10.4. The first-order chi connectivity index (χ1) is 13.5. The van der Waals surface area contributed by atoms with Gasteiger partial charge >= 0.3 is 6.03 Å². The number of nitrogens with two attached hydrogens (primary N) is 1. The van der Waals surface area contributed by atoms with Gasteiger partial charge in [-0.25, -0.2) is 4.79 Å². The molecule has 4 nitrogen and oxygen atoms in total. The average molecular weight is 382 g/mol. The number of amides is 2. The van der Waals surface area contributed by atoms with Gasteiger partial charge in [0.05, 0.1) is 6.54 Å². The molecule has 2 aromatic carbocycles. The predicted octanol–water partition coefficient (Wildman–Crippen LogP) is 5.74. The van der Waals surface area contributed by atoms with Gasteiger partial charge in [-0.1, -0.05) is 63.3 Å². The third-order valence-electron chi connectivity index (χ3n) is 5.13. The number of carbonyl (C=O) groups excluding carboxylic acids is 1. The summed E-state index contributed by atoms with van der Waals surface area (Å²) < 4.78 is 0. The molecule has 0 atom stereocenters. The molecule has 0 fully saturated rings. The molecule has 0 spiro atoms. The van der Waals surface area contributed by atoms with E-state index in [1.54, 1.807) is 4.90 Å². The molecule has 2 rings (SSSR count). The minimum atomic E-state index is -0.430. The molecule has 2 aromatic rings. The van der Waals surface area contributed by atoms with Crippen LogP contribution < -0.4 is 15.5 Å². The summed E-state index contributed by atoms with van der Waals surface area (Å²) in [5.41, 5.74) is 10.0. The van der Waals surface area contributed by atoms with Crippen LogP contribution in [0, 0.1) is 0 Å². The van der Waals surface area contributed by atoms with E-state index in [4.69, 9.17) is 5.73 Å². The highest BCUT2D eigenvalue weighted by Gasteiger charge is 2.13. The summed E-state index contributed by atoms with van der Waals surface area (Å²) in [6, 6.07) is 16.0. The number of aryl methyl sites for hydroxylation is 1. The molecule has 152 valence electrons. The molecule has 2 N–H and O–H groups in total. The van der Waals surface area contributed by atoms with E-state index in [1.807, 2.05) is 38.4 Å². The summed E-state index contributed by atoms with van der Waals surface area (Å²) in [4.78, 5) is 15.7. The molecule has 0 bridgehead atoms. The molecule has 0 aromatic heterocycles. The Bertz CT molecular complexity index is 708. The smallest absolute Gasteiger partial charge is 0.319 e. The second-order valence-corrected chi connectivity index (χ2v) is 7.67. The van der Waals surface area contributed by atoms with Crippen molar-refractivity contribution in [3.8, 4) is 0 Å². The van der Waals surface area contributed by atoms with Gasteiger partial charge in [0.25, 0.3) is 0 Å². The number of hydrogen-bond acceptors (Lipinski definition) is 2. The van der Waals surface area contributed by atoms with E-state index in [1.165, 1.54) is 44.1 Å². The lowest BCUT2D eigenvalue weighted by molar-refractivity contribution is 0.253. The van der Waals surface area contributed by atoms with Crippen molar-refractivity contribution in [3.63, 3.8) is 0 Å². The van der Waals surface area contributed by atoms with E-state index in [0.29, 0.717) is 6.54 Å². The van der Waals surface area contributed by atoms with Crippen LogP contribution in [0.25, 0.3) is 0 Å². The number of carbonyl (C=O) groups is 1. The summed E-state index contributed by atoms with van der Waals surface area (Å²) in [6.07, 6.45) is 8.91. The lowest BCUT2D eigenvalue weighted by atomic mass is 10.0. The van der Waals surface area contributed by atoms with Crippen molar-refractivity contribution in [2.24, 2.45) is 5.73 Å². The van der Waals surface area contributed by atoms with Crippen LogP contribution in [-0.4, -0.2) is 20.1 Å². The Morgan fingerprint density at radius 1 is 0.786 bits per heavy atom. The predicted molar refractivity (Wildman–Crippen MR) is 120 cm³/mol. The van der Waals surface area contributed by atoms with Crippen molar-refractivity contribution in [1.82, 2.24) is 0 Å². The minimum Gasteiger partial charge on any atom is -0.378 e. The SMILES string of the molecule is CCCCCCCCc1ccc(N(Cc2ccc(N(C)C)cc2)C(N)=O)cc1. The molecule has 0 saturated carbocycles. The summed E-state index contributed by atoms with van der Waals surface area (Å²) in [6.45, 7) is 2.72. The molecule has 0 aliphatic carbocycles. The molecule has 2 amide bonds. The van der Waals surface area contributed by atoms with Gasteiger partial charge in [-0.15, -0.1) is 0 Å². The standard InChI is InChI=1S/C24H35N3O/c1-4-5-6-7-8-9-10-20-11-17-23(18-12-20)27(24(25)28)19-21-13-15-22(16-14-21)26(2)3/h11-18H,4-10,19H2,1-3H3,(H2,25,28). The maximum Gasteiger partial charge on any atom is 0.319 e. The Labute approximate surface area is 170 Å². The van der Waals surface area contributed by atoms with Crippen LogP contribution >= 0.6 is 0 Å². The van der Waals surface area contributed by atoms with E-state index in [0.717, 1.165) is 23.4 Å². The highest BCUT2D eigenvalue weighted by molar-refractivity contribution is 5.90. The number of benzene rings is 2. The molecule has 0 heterocycles. The molecule has 0 aliphatic rings. The Hall–Kier alpha value is -2.49. The van der Waals surface area contributed by atoms with Crippen molar-refractivity contribution in [2.45, 2.75) is 58.4 Å². The third kappa shape index (κ3) is 6.91. The fraction of sp³-hybridized carbons (Fsp3) is 0.458. The Morgan fingerprint density at radius 2 is 1.32 bits per heavy atom. The molecule has 0 saturated heterocycles. The third-order valence-corrected chi connectivity index (χ3v) is 5.13. The van der Waals surface area contributed by atoms with Crippen LogP contribution in [0.15, 0.2) is 48.5 Å². The van der Waals surface area contributed by atoms with Gasteiger partial charge < -0.3 is 10.6 Å². The highest BCUT2D eigenvalue weighted by atomic mass is 16.2. The van der Waals surface area contributed by atoms with Gasteiger partial charge in [0.15, 0.2) is 0 Å². The quantitative estimate of drug-likeness (QED) is 0.505. The molecule has 0 aliphatic heterocycles. The summed E-state index contributed by atoms with van der Waals surface area (Å²) in [5, 5.41) is 0. The van der Waals surface area contributed by atoms with Gasteiger partial charge in [-0.3, -0.25) is 4.90 Å². The van der Waals surface area contributed by atoms with Crippen LogP contribution in [-0.2, 0) is 13.0 Å². The second kappa shape index (κ2) is 11.4. The van der Waals surface area contributed by atoms with E-state index in [2.05, 4.69) is 36.1 Å². The largest absolute Gasteiger partial charge is 0.378 e. The van der Waals surface area contributed by atoms with Crippen molar-refractivity contribution < 1.29 is 4.79 Å². The number of unbranched alkanes of at least 4 members (excludes halogenated alkanes) is 5. The van der Waals surface area contributed by atoms with Crippen molar-refractivity contribution in [2.75, 3.05) is 23.9 Å². The van der Waals surface area contributed by atoms with Crippen LogP contribution in [0.3, 0.4) is 0 Å². The number of rotatable bonds is 11. The van der Waals surface area contributed by atoms with Crippen molar-refractivity contribution >= 4 is 17.4 Å².